The third kappa shape index (κ3) is 4.06. The number of anilines is 1. The van der Waals surface area contributed by atoms with E-state index in [0.717, 1.165) is 44.8 Å². The molecule has 0 radical (unpaired) electrons. The molecule has 5 aromatic rings. The van der Waals surface area contributed by atoms with Crippen molar-refractivity contribution in [2.24, 2.45) is 5.10 Å². The van der Waals surface area contributed by atoms with Crippen molar-refractivity contribution in [2.45, 2.75) is 5.92 Å². The summed E-state index contributed by atoms with van der Waals surface area (Å²) in [4.78, 5) is 4.53. The van der Waals surface area contributed by atoms with E-state index in [0.29, 0.717) is 0 Å². The molecule has 0 bridgehead atoms. The zero-order valence-corrected chi connectivity index (χ0v) is 19.0. The minimum absolute atomic E-state index is 0.0208. The number of para-hydroxylation sites is 2. The average molecular weight is 454 g/mol. The van der Waals surface area contributed by atoms with Crippen molar-refractivity contribution in [2.75, 3.05) is 5.43 Å². The maximum Gasteiger partial charge on any atom is 0.140 e. The van der Waals surface area contributed by atoms with Crippen LogP contribution >= 0.6 is 0 Å². The van der Waals surface area contributed by atoms with Gasteiger partial charge in [-0.15, -0.1) is 0 Å². The summed E-state index contributed by atoms with van der Waals surface area (Å²) in [6.45, 7) is 0. The van der Waals surface area contributed by atoms with Crippen LogP contribution in [-0.2, 0) is 0 Å². The number of ether oxygens (including phenoxy) is 1. The Bertz CT molecular complexity index is 1540. The molecule has 0 aliphatic carbocycles. The zero-order valence-electron chi connectivity index (χ0n) is 19.0. The van der Waals surface area contributed by atoms with Gasteiger partial charge in [-0.1, -0.05) is 97.1 Å². The summed E-state index contributed by atoms with van der Waals surface area (Å²) in [5.41, 5.74) is 9.26. The van der Waals surface area contributed by atoms with Gasteiger partial charge in [0.25, 0.3) is 0 Å². The second-order valence-electron chi connectivity index (χ2n) is 8.38. The van der Waals surface area contributed by atoms with Gasteiger partial charge in [0.05, 0.1) is 17.4 Å². The maximum atomic E-state index is 6.50. The van der Waals surface area contributed by atoms with Crippen LogP contribution in [0.1, 0.15) is 22.6 Å². The summed E-state index contributed by atoms with van der Waals surface area (Å²) in [7, 11) is 0. The predicted molar refractivity (Wildman–Crippen MR) is 143 cm³/mol. The fourth-order valence-electron chi connectivity index (χ4n) is 4.60. The van der Waals surface area contributed by atoms with E-state index in [1.807, 2.05) is 72.9 Å². The molecule has 4 heteroatoms. The van der Waals surface area contributed by atoms with E-state index in [-0.39, 0.29) is 5.92 Å². The first-order valence-electron chi connectivity index (χ1n) is 11.6. The van der Waals surface area contributed by atoms with Gasteiger partial charge in [-0.05, 0) is 23.8 Å². The Balaban J connectivity index is 1.48. The maximum absolute atomic E-state index is 6.50. The van der Waals surface area contributed by atoms with Gasteiger partial charge >= 0.3 is 0 Å². The highest BCUT2D eigenvalue weighted by molar-refractivity contribution is 5.95. The van der Waals surface area contributed by atoms with Crippen LogP contribution in [0.2, 0.25) is 0 Å². The zero-order chi connectivity index (χ0) is 23.5. The quantitative estimate of drug-likeness (QED) is 0.225. The topological polar surface area (TPSA) is 46.5 Å². The minimum Gasteiger partial charge on any atom is -0.456 e. The first-order valence-corrected chi connectivity index (χ1v) is 11.6. The Morgan fingerprint density at radius 2 is 1.49 bits per heavy atom. The van der Waals surface area contributed by atoms with Gasteiger partial charge in [-0.3, -0.25) is 10.4 Å². The molecule has 2 heterocycles. The van der Waals surface area contributed by atoms with Crippen LogP contribution in [0.25, 0.3) is 16.7 Å². The van der Waals surface area contributed by atoms with E-state index in [4.69, 9.17) is 4.74 Å². The van der Waals surface area contributed by atoms with Crippen molar-refractivity contribution in [3.05, 3.63) is 144 Å². The molecule has 4 nitrogen and oxygen atoms in total. The van der Waals surface area contributed by atoms with E-state index in [2.05, 4.69) is 64.0 Å². The average Bonchev–Trinajstić information content (AvgIpc) is 2.93. The van der Waals surface area contributed by atoms with E-state index >= 15 is 0 Å². The smallest absolute Gasteiger partial charge is 0.140 e. The number of rotatable bonds is 5. The lowest BCUT2D eigenvalue weighted by molar-refractivity contribution is 0.489. The summed E-state index contributed by atoms with van der Waals surface area (Å²) >= 11 is 0. The Morgan fingerprint density at radius 1 is 0.743 bits per heavy atom. The van der Waals surface area contributed by atoms with E-state index in [1.165, 1.54) is 5.56 Å². The second kappa shape index (κ2) is 9.27. The molecule has 1 atom stereocenters. The van der Waals surface area contributed by atoms with Crippen LogP contribution in [-0.4, -0.2) is 11.2 Å². The predicted octanol–water partition coefficient (Wildman–Crippen LogP) is 7.27. The molecule has 1 aliphatic rings. The van der Waals surface area contributed by atoms with Gasteiger partial charge in [0.15, 0.2) is 0 Å². The monoisotopic (exact) mass is 453 g/mol. The molecule has 0 spiro atoms. The van der Waals surface area contributed by atoms with Crippen LogP contribution in [0.3, 0.4) is 0 Å². The number of hydrazone groups is 1. The molecule has 6 rings (SSSR count). The summed E-state index contributed by atoms with van der Waals surface area (Å²) in [6.07, 6.45) is 3.68. The Morgan fingerprint density at radius 3 is 2.34 bits per heavy atom. The van der Waals surface area contributed by atoms with E-state index in [1.54, 1.807) is 6.20 Å². The summed E-state index contributed by atoms with van der Waals surface area (Å²) in [6, 6.07) is 39.0. The molecule has 0 saturated heterocycles. The number of aromatic nitrogens is 1. The number of fused-ring (bicyclic) bond motifs is 2. The number of nitrogens with zero attached hydrogens (tertiary/aromatic N) is 2. The highest BCUT2D eigenvalue weighted by Gasteiger charge is 2.30. The normalized spacial score (nSPS) is 15.1. The molecule has 168 valence electrons. The van der Waals surface area contributed by atoms with Crippen LogP contribution in [0, 0.1) is 0 Å². The molecular weight excluding hydrogens is 430 g/mol. The van der Waals surface area contributed by atoms with Gasteiger partial charge in [-0.25, -0.2) is 0 Å². The molecule has 4 aromatic carbocycles. The van der Waals surface area contributed by atoms with Gasteiger partial charge in [0, 0.05) is 34.2 Å². The van der Waals surface area contributed by atoms with Gasteiger partial charge < -0.3 is 4.74 Å². The van der Waals surface area contributed by atoms with Crippen LogP contribution in [0.5, 0.6) is 5.75 Å². The van der Waals surface area contributed by atoms with Crippen LogP contribution in [0.4, 0.5) is 5.69 Å². The number of pyridine rings is 1. The van der Waals surface area contributed by atoms with Crippen LogP contribution in [0.15, 0.2) is 132 Å². The standard InChI is InChI=1S/C31H23N3O/c1-3-11-22(12-4-1)29-25-17-7-8-19-28(25)35-31(24-13-5-2-6-14-24)26(29)21-33-34-27-18-9-15-23-16-10-20-32-30(23)27/h1-21,29,34H/b33-21+. The van der Waals surface area contributed by atoms with E-state index < -0.39 is 0 Å². The first kappa shape index (κ1) is 20.9. The molecule has 1 aromatic heterocycles. The number of hydrogen-bond donors (Lipinski definition) is 1. The highest BCUT2D eigenvalue weighted by Crippen LogP contribution is 2.44. The second-order valence-corrected chi connectivity index (χ2v) is 8.38. The molecule has 0 amide bonds. The lowest BCUT2D eigenvalue weighted by Gasteiger charge is -2.29. The van der Waals surface area contributed by atoms with Gasteiger partial charge in [0.1, 0.15) is 11.5 Å². The lowest BCUT2D eigenvalue weighted by atomic mass is 9.82. The van der Waals surface area contributed by atoms with E-state index in [9.17, 15) is 0 Å². The van der Waals surface area contributed by atoms with Crippen molar-refractivity contribution in [1.82, 2.24) is 4.98 Å². The molecule has 0 saturated carbocycles. The molecular formula is C31H23N3O. The Labute approximate surface area is 204 Å². The Hall–Kier alpha value is -4.70. The molecule has 0 fully saturated rings. The van der Waals surface area contributed by atoms with Crippen LogP contribution < -0.4 is 10.2 Å². The van der Waals surface area contributed by atoms with Crippen molar-refractivity contribution >= 4 is 28.6 Å². The summed E-state index contributed by atoms with van der Waals surface area (Å²) < 4.78 is 6.50. The third-order valence-corrected chi connectivity index (χ3v) is 6.21. The largest absolute Gasteiger partial charge is 0.456 e. The molecule has 35 heavy (non-hydrogen) atoms. The van der Waals surface area contributed by atoms with Crippen molar-refractivity contribution in [3.63, 3.8) is 0 Å². The Kier molecular flexibility index (Phi) is 5.53. The van der Waals surface area contributed by atoms with Gasteiger partial charge in [0.2, 0.25) is 0 Å². The number of hydrogen-bond acceptors (Lipinski definition) is 4. The van der Waals surface area contributed by atoms with Crippen molar-refractivity contribution in [1.29, 1.82) is 0 Å². The molecule has 1 N–H and O–H groups in total. The minimum atomic E-state index is -0.0208. The first-order chi connectivity index (χ1) is 17.4. The van der Waals surface area contributed by atoms with Gasteiger partial charge in [-0.2, -0.15) is 5.10 Å². The number of allylic oxidation sites excluding steroid dienone is 1. The van der Waals surface area contributed by atoms with Crippen molar-refractivity contribution < 1.29 is 4.74 Å². The highest BCUT2D eigenvalue weighted by atomic mass is 16.5. The fourth-order valence-corrected chi connectivity index (χ4v) is 4.60. The summed E-state index contributed by atoms with van der Waals surface area (Å²) in [5.74, 6) is 1.65. The number of nitrogens with one attached hydrogen (secondary N) is 1. The number of benzene rings is 4. The summed E-state index contributed by atoms with van der Waals surface area (Å²) in [5, 5.41) is 5.75. The molecule has 1 unspecified atom stereocenters. The molecule has 1 aliphatic heterocycles. The van der Waals surface area contributed by atoms with Crippen molar-refractivity contribution in [3.8, 4) is 5.75 Å². The SMILES string of the molecule is C(=N\Nc1cccc2cccnc12)/C1=C(c2ccccc2)Oc2ccccc2C1c1ccccc1. The third-order valence-electron chi connectivity index (χ3n) is 6.21. The lowest BCUT2D eigenvalue weighted by Crippen LogP contribution is -2.17. The fraction of sp³-hybridized carbons (Fsp3) is 0.0323.